The molecule has 2 heterocycles. The maximum Gasteiger partial charge on any atom is 0.0619 e. The van der Waals surface area contributed by atoms with Gasteiger partial charge in [0, 0.05) is 43.5 Å². The summed E-state index contributed by atoms with van der Waals surface area (Å²) in [6.45, 7) is 0. The number of H-pyrrole nitrogens is 1. The highest BCUT2D eigenvalue weighted by molar-refractivity contribution is 6.23. The van der Waals surface area contributed by atoms with E-state index in [0.717, 1.165) is 0 Å². The van der Waals surface area contributed by atoms with Crippen LogP contribution in [0, 0.1) is 0 Å². The topological polar surface area (TPSA) is 20.7 Å². The minimum absolute atomic E-state index is 1.17. The number of fused-ring (bicyclic) bond motifs is 11. The van der Waals surface area contributed by atoms with Crippen molar-refractivity contribution in [3.8, 4) is 27.9 Å². The Balaban J connectivity index is 1.11. The van der Waals surface area contributed by atoms with Crippen LogP contribution in [0.25, 0.3) is 104 Å². The van der Waals surface area contributed by atoms with Crippen molar-refractivity contribution in [2.75, 3.05) is 0 Å². The maximum atomic E-state index is 3.69. The van der Waals surface area contributed by atoms with E-state index in [0.29, 0.717) is 0 Å². The van der Waals surface area contributed by atoms with Crippen molar-refractivity contribution in [2.45, 2.75) is 0 Å². The Morgan fingerprint density at radius 2 is 0.900 bits per heavy atom. The molecule has 11 rings (SSSR count). The fourth-order valence-corrected chi connectivity index (χ4v) is 8.41. The number of benzene rings is 9. The Kier molecular flexibility index (Phi) is 5.70. The predicted octanol–water partition coefficient (Wildman–Crippen LogP) is 13.2. The monoisotopic (exact) mass is 634 g/mol. The normalized spacial score (nSPS) is 12.0. The fraction of sp³-hybridized carbons (Fsp3) is 0. The van der Waals surface area contributed by atoms with E-state index in [9.17, 15) is 0 Å². The van der Waals surface area contributed by atoms with Crippen LogP contribution in [0.1, 0.15) is 0 Å². The third kappa shape index (κ3) is 3.90. The smallest absolute Gasteiger partial charge is 0.0619 e. The van der Waals surface area contributed by atoms with Crippen molar-refractivity contribution in [1.29, 1.82) is 0 Å². The number of aromatic nitrogens is 2. The Hall–Kier alpha value is -6.64. The molecule has 0 bridgehead atoms. The van der Waals surface area contributed by atoms with Crippen LogP contribution in [0.2, 0.25) is 0 Å². The first kappa shape index (κ1) is 27.3. The van der Waals surface area contributed by atoms with Crippen LogP contribution >= 0.6 is 0 Å². The van der Waals surface area contributed by atoms with Crippen LogP contribution < -0.4 is 0 Å². The molecule has 0 atom stereocenters. The summed E-state index contributed by atoms with van der Waals surface area (Å²) in [6.07, 6.45) is 0. The number of hydrogen-bond acceptors (Lipinski definition) is 0. The van der Waals surface area contributed by atoms with Crippen LogP contribution in [0.15, 0.2) is 176 Å². The molecular weight excluding hydrogens is 605 g/mol. The average Bonchev–Trinajstić information content (AvgIpc) is 3.73. The lowest BCUT2D eigenvalue weighted by molar-refractivity contribution is 1.19. The van der Waals surface area contributed by atoms with E-state index in [2.05, 4.69) is 185 Å². The largest absolute Gasteiger partial charge is 0.354 e. The van der Waals surface area contributed by atoms with Crippen LogP contribution in [0.5, 0.6) is 0 Å². The van der Waals surface area contributed by atoms with Crippen molar-refractivity contribution in [1.82, 2.24) is 9.55 Å². The second-order valence-corrected chi connectivity index (χ2v) is 13.4. The van der Waals surface area contributed by atoms with Gasteiger partial charge in [-0.15, -0.1) is 0 Å². The third-order valence-electron chi connectivity index (χ3n) is 10.7. The van der Waals surface area contributed by atoms with E-state index >= 15 is 0 Å². The standard InChI is InChI=1S/C48H30N2/c1-2-12-34(13-3-1)50-46-21-11-9-17-38(46)44-29-42(36-15-5-7-19-40(36)48(44)50)33-25-23-30-26-32(24-22-31(30)27-33)41-28-43-37-16-8-10-20-45(37)49-47(43)39-18-6-4-14-35(39)41/h1-29,49H. The lowest BCUT2D eigenvalue weighted by atomic mass is 9.91. The van der Waals surface area contributed by atoms with E-state index in [1.165, 1.54) is 104 Å². The van der Waals surface area contributed by atoms with Crippen LogP contribution in [-0.4, -0.2) is 9.55 Å². The highest BCUT2D eigenvalue weighted by Gasteiger charge is 2.18. The molecule has 0 radical (unpaired) electrons. The molecule has 0 aliphatic heterocycles. The molecule has 0 unspecified atom stereocenters. The van der Waals surface area contributed by atoms with Gasteiger partial charge in [0.1, 0.15) is 0 Å². The summed E-state index contributed by atoms with van der Waals surface area (Å²) < 4.78 is 2.43. The second kappa shape index (κ2) is 10.4. The summed E-state index contributed by atoms with van der Waals surface area (Å²) in [7, 11) is 0. The molecule has 2 aromatic heterocycles. The van der Waals surface area contributed by atoms with Crippen LogP contribution in [0.3, 0.4) is 0 Å². The van der Waals surface area contributed by atoms with Gasteiger partial charge in [-0.05, 0) is 92.3 Å². The molecule has 1 N–H and O–H groups in total. The van der Waals surface area contributed by atoms with Gasteiger partial charge in [0.15, 0.2) is 0 Å². The molecule has 50 heavy (non-hydrogen) atoms. The molecule has 232 valence electrons. The molecular formula is C48H30N2. The van der Waals surface area contributed by atoms with Gasteiger partial charge >= 0.3 is 0 Å². The Labute approximate surface area is 288 Å². The van der Waals surface area contributed by atoms with Gasteiger partial charge < -0.3 is 9.55 Å². The number of rotatable bonds is 3. The summed E-state index contributed by atoms with van der Waals surface area (Å²) >= 11 is 0. The van der Waals surface area contributed by atoms with E-state index in [-0.39, 0.29) is 0 Å². The van der Waals surface area contributed by atoms with Crippen LogP contribution in [0.4, 0.5) is 0 Å². The summed E-state index contributed by atoms with van der Waals surface area (Å²) in [4.78, 5) is 3.69. The van der Waals surface area contributed by atoms with Gasteiger partial charge in [-0.2, -0.15) is 0 Å². The van der Waals surface area contributed by atoms with Crippen molar-refractivity contribution >= 4 is 75.9 Å². The van der Waals surface area contributed by atoms with Gasteiger partial charge in [-0.3, -0.25) is 0 Å². The van der Waals surface area contributed by atoms with E-state index < -0.39 is 0 Å². The molecule has 0 saturated heterocycles. The number of nitrogens with one attached hydrogen (secondary N) is 1. The molecule has 9 aromatic carbocycles. The number of nitrogens with zero attached hydrogens (tertiary/aromatic N) is 1. The Bertz CT molecular complexity index is 3140. The minimum atomic E-state index is 1.17. The Morgan fingerprint density at radius 3 is 1.62 bits per heavy atom. The van der Waals surface area contributed by atoms with Gasteiger partial charge in [-0.25, -0.2) is 0 Å². The molecule has 0 fully saturated rings. The quantitative estimate of drug-likeness (QED) is 0.200. The lowest BCUT2D eigenvalue weighted by Crippen LogP contribution is -1.94. The van der Waals surface area contributed by atoms with E-state index in [4.69, 9.17) is 0 Å². The van der Waals surface area contributed by atoms with Gasteiger partial charge in [0.25, 0.3) is 0 Å². The zero-order valence-corrected chi connectivity index (χ0v) is 27.2. The fourth-order valence-electron chi connectivity index (χ4n) is 8.41. The van der Waals surface area contributed by atoms with E-state index in [1.54, 1.807) is 0 Å². The zero-order chi connectivity index (χ0) is 32.8. The first-order valence-electron chi connectivity index (χ1n) is 17.3. The minimum Gasteiger partial charge on any atom is -0.354 e. The van der Waals surface area contributed by atoms with Crippen LogP contribution in [-0.2, 0) is 0 Å². The summed E-state index contributed by atoms with van der Waals surface area (Å²) in [5.74, 6) is 0. The van der Waals surface area contributed by atoms with Crippen molar-refractivity contribution in [3.63, 3.8) is 0 Å². The van der Waals surface area contributed by atoms with Gasteiger partial charge in [0.05, 0.1) is 16.6 Å². The highest BCUT2D eigenvalue weighted by Crippen LogP contribution is 2.43. The SMILES string of the molecule is c1ccc(-n2c3ccccc3c3cc(-c4ccc5cc(-c6cc7c8ccccc8[nH]c7c7ccccc67)ccc5c4)c4ccccc4c32)cc1. The zero-order valence-electron chi connectivity index (χ0n) is 27.2. The lowest BCUT2D eigenvalue weighted by Gasteiger charge is -2.14. The van der Waals surface area contributed by atoms with Crippen molar-refractivity contribution < 1.29 is 0 Å². The third-order valence-corrected chi connectivity index (χ3v) is 10.7. The van der Waals surface area contributed by atoms with Gasteiger partial charge in [0.2, 0.25) is 0 Å². The number of para-hydroxylation sites is 3. The molecule has 2 heteroatoms. The predicted molar refractivity (Wildman–Crippen MR) is 214 cm³/mol. The van der Waals surface area contributed by atoms with Crippen molar-refractivity contribution in [2.24, 2.45) is 0 Å². The van der Waals surface area contributed by atoms with Gasteiger partial charge in [-0.1, -0.05) is 127 Å². The molecule has 11 aromatic rings. The molecule has 0 aliphatic rings. The number of aromatic amines is 1. The maximum absolute atomic E-state index is 3.69. The molecule has 2 nitrogen and oxygen atoms in total. The van der Waals surface area contributed by atoms with Crippen molar-refractivity contribution in [3.05, 3.63) is 176 Å². The first-order valence-corrected chi connectivity index (χ1v) is 17.3. The second-order valence-electron chi connectivity index (χ2n) is 13.4. The number of hydrogen-bond donors (Lipinski definition) is 1. The summed E-state index contributed by atoms with van der Waals surface area (Å²) in [5, 5.41) is 12.6. The first-order chi connectivity index (χ1) is 24.8. The highest BCUT2D eigenvalue weighted by atomic mass is 15.0. The Morgan fingerprint density at radius 1 is 0.360 bits per heavy atom. The summed E-state index contributed by atoms with van der Waals surface area (Å²) in [5.41, 5.74) is 11.0. The van der Waals surface area contributed by atoms with E-state index in [1.807, 2.05) is 0 Å². The molecule has 0 saturated carbocycles. The molecule has 0 spiro atoms. The molecule has 0 aliphatic carbocycles. The summed E-state index contributed by atoms with van der Waals surface area (Å²) in [6, 6.07) is 64.5. The molecule has 0 amide bonds. The average molecular weight is 635 g/mol.